The van der Waals surface area contributed by atoms with Gasteiger partial charge in [0.2, 0.25) is 0 Å². The average Bonchev–Trinajstić information content (AvgIpc) is 2.57. The van der Waals surface area contributed by atoms with Gasteiger partial charge in [-0.25, -0.2) is 4.39 Å². The Balaban J connectivity index is 1.73. The summed E-state index contributed by atoms with van der Waals surface area (Å²) >= 11 is 0. The van der Waals surface area contributed by atoms with Gasteiger partial charge in [-0.3, -0.25) is 9.78 Å². The lowest BCUT2D eigenvalue weighted by atomic mass is 10.1. The molecule has 2 aromatic heterocycles. The van der Waals surface area contributed by atoms with Crippen LogP contribution in [0.1, 0.15) is 16.1 Å². The topological polar surface area (TPSA) is 55.7 Å². The molecule has 1 aromatic carbocycles. The first-order valence-electron chi connectivity index (χ1n) is 6.74. The van der Waals surface area contributed by atoms with E-state index < -0.39 is 0 Å². The zero-order valence-electron chi connectivity index (χ0n) is 11.6. The van der Waals surface area contributed by atoms with E-state index in [0.29, 0.717) is 17.0 Å². The molecule has 4 nitrogen and oxygen atoms in total. The fourth-order valence-electron chi connectivity index (χ4n) is 2.02. The number of halogens is 1. The molecule has 0 aliphatic heterocycles. The van der Waals surface area contributed by atoms with Crippen LogP contribution in [0.5, 0.6) is 0 Å². The summed E-state index contributed by atoms with van der Waals surface area (Å²) in [5.41, 5.74) is 2.60. The van der Waals surface area contributed by atoms with Gasteiger partial charge < -0.3 is 0 Å². The van der Waals surface area contributed by atoms with Gasteiger partial charge in [0.15, 0.2) is 5.78 Å². The molecule has 0 spiro atoms. The van der Waals surface area contributed by atoms with Crippen molar-refractivity contribution in [3.8, 4) is 11.3 Å². The van der Waals surface area contributed by atoms with E-state index in [1.54, 1.807) is 24.5 Å². The first kappa shape index (κ1) is 14.0. The fraction of sp³-hybridized carbons (Fsp3) is 0.0588. The Bertz CT molecular complexity index is 771. The summed E-state index contributed by atoms with van der Waals surface area (Å²) in [6, 6.07) is 12.7. The van der Waals surface area contributed by atoms with Crippen LogP contribution < -0.4 is 0 Å². The van der Waals surface area contributed by atoms with Gasteiger partial charge in [-0.2, -0.15) is 10.2 Å². The third kappa shape index (κ3) is 3.20. The molecule has 0 saturated carbocycles. The second-order valence-electron chi connectivity index (χ2n) is 4.76. The summed E-state index contributed by atoms with van der Waals surface area (Å²) in [7, 11) is 0. The summed E-state index contributed by atoms with van der Waals surface area (Å²) in [5, 5.41) is 8.17. The van der Waals surface area contributed by atoms with Gasteiger partial charge in [0.1, 0.15) is 5.82 Å². The van der Waals surface area contributed by atoms with E-state index in [9.17, 15) is 9.18 Å². The Hall–Kier alpha value is -2.95. The van der Waals surface area contributed by atoms with Crippen LogP contribution in [0.15, 0.2) is 60.9 Å². The van der Waals surface area contributed by atoms with Gasteiger partial charge in [0.05, 0.1) is 17.8 Å². The summed E-state index contributed by atoms with van der Waals surface area (Å²) in [6.45, 7) is 0. The third-order valence-corrected chi connectivity index (χ3v) is 3.18. The Morgan fingerprint density at radius 3 is 2.45 bits per heavy atom. The van der Waals surface area contributed by atoms with E-state index in [2.05, 4.69) is 15.2 Å². The predicted octanol–water partition coefficient (Wildman–Crippen LogP) is 3.10. The van der Waals surface area contributed by atoms with Gasteiger partial charge in [-0.15, -0.1) is 0 Å². The Kier molecular flexibility index (Phi) is 3.96. The Morgan fingerprint density at radius 1 is 1.00 bits per heavy atom. The second kappa shape index (κ2) is 6.22. The molecule has 0 atom stereocenters. The van der Waals surface area contributed by atoms with E-state index in [1.165, 1.54) is 24.3 Å². The van der Waals surface area contributed by atoms with Gasteiger partial charge in [-0.05, 0) is 48.5 Å². The average molecular weight is 293 g/mol. The minimum absolute atomic E-state index is 0.122. The van der Waals surface area contributed by atoms with Crippen LogP contribution in [0.25, 0.3) is 11.3 Å². The van der Waals surface area contributed by atoms with Gasteiger partial charge in [0.25, 0.3) is 0 Å². The van der Waals surface area contributed by atoms with Crippen molar-refractivity contribution in [2.75, 3.05) is 0 Å². The number of pyridine rings is 1. The lowest BCUT2D eigenvalue weighted by Gasteiger charge is -2.02. The molecular weight excluding hydrogens is 281 g/mol. The molecular formula is C17H12FN3O. The van der Waals surface area contributed by atoms with Crippen LogP contribution in [-0.2, 0) is 6.42 Å². The summed E-state index contributed by atoms with van der Waals surface area (Å²) < 4.78 is 12.8. The molecule has 0 bridgehead atoms. The number of carbonyl (C=O) groups is 1. The smallest absolute Gasteiger partial charge is 0.168 e. The van der Waals surface area contributed by atoms with Crippen LogP contribution >= 0.6 is 0 Å². The van der Waals surface area contributed by atoms with Crippen molar-refractivity contribution in [3.63, 3.8) is 0 Å². The summed E-state index contributed by atoms with van der Waals surface area (Å²) in [4.78, 5) is 16.1. The summed E-state index contributed by atoms with van der Waals surface area (Å²) in [5.74, 6) is -0.486. The van der Waals surface area contributed by atoms with E-state index in [4.69, 9.17) is 0 Å². The minimum atomic E-state index is -0.364. The number of nitrogens with zero attached hydrogens (tertiary/aromatic N) is 3. The maximum atomic E-state index is 12.8. The summed E-state index contributed by atoms with van der Waals surface area (Å²) in [6.07, 6.45) is 3.52. The van der Waals surface area contributed by atoms with Gasteiger partial charge in [0, 0.05) is 23.5 Å². The molecule has 22 heavy (non-hydrogen) atoms. The van der Waals surface area contributed by atoms with Crippen LogP contribution in [0, 0.1) is 5.82 Å². The highest BCUT2D eigenvalue weighted by atomic mass is 19.1. The monoisotopic (exact) mass is 293 g/mol. The molecule has 0 N–H and O–H groups in total. The second-order valence-corrected chi connectivity index (χ2v) is 4.76. The van der Waals surface area contributed by atoms with Crippen molar-refractivity contribution in [1.29, 1.82) is 0 Å². The van der Waals surface area contributed by atoms with Crippen LogP contribution in [0.2, 0.25) is 0 Å². The molecule has 3 rings (SSSR count). The van der Waals surface area contributed by atoms with E-state index in [-0.39, 0.29) is 18.0 Å². The molecule has 3 aromatic rings. The highest BCUT2D eigenvalue weighted by Gasteiger charge is 2.09. The van der Waals surface area contributed by atoms with Crippen LogP contribution in [0.3, 0.4) is 0 Å². The molecule has 0 radical (unpaired) electrons. The molecule has 0 fully saturated rings. The fourth-order valence-corrected chi connectivity index (χ4v) is 2.02. The minimum Gasteiger partial charge on any atom is -0.294 e. The normalized spacial score (nSPS) is 10.4. The van der Waals surface area contributed by atoms with Crippen molar-refractivity contribution in [2.45, 2.75) is 6.42 Å². The number of benzene rings is 1. The van der Waals surface area contributed by atoms with Crippen molar-refractivity contribution < 1.29 is 9.18 Å². The SMILES string of the molecule is O=C(Cc1ccc(-c2cccnc2)nn1)c1ccc(F)cc1. The highest BCUT2D eigenvalue weighted by molar-refractivity contribution is 5.97. The largest absolute Gasteiger partial charge is 0.294 e. The van der Waals surface area contributed by atoms with Crippen LogP contribution in [-0.4, -0.2) is 21.0 Å². The number of hydrogen-bond acceptors (Lipinski definition) is 4. The Labute approximate surface area is 126 Å². The highest BCUT2D eigenvalue weighted by Crippen LogP contribution is 2.14. The maximum absolute atomic E-state index is 12.8. The van der Waals surface area contributed by atoms with Crippen molar-refractivity contribution in [2.24, 2.45) is 0 Å². The van der Waals surface area contributed by atoms with E-state index in [0.717, 1.165) is 5.56 Å². The first-order valence-corrected chi connectivity index (χ1v) is 6.74. The van der Waals surface area contributed by atoms with Gasteiger partial charge in [-0.1, -0.05) is 0 Å². The number of carbonyl (C=O) groups excluding carboxylic acids is 1. The molecule has 5 heteroatoms. The third-order valence-electron chi connectivity index (χ3n) is 3.18. The predicted molar refractivity (Wildman–Crippen MR) is 79.7 cm³/mol. The molecule has 0 saturated heterocycles. The molecule has 2 heterocycles. The molecule has 0 amide bonds. The quantitative estimate of drug-likeness (QED) is 0.694. The molecule has 0 aliphatic carbocycles. The first-order chi connectivity index (χ1) is 10.7. The number of Topliss-reactive ketones (excluding diaryl/α,β-unsaturated/α-hetero) is 1. The van der Waals surface area contributed by atoms with Gasteiger partial charge >= 0.3 is 0 Å². The Morgan fingerprint density at radius 2 is 1.82 bits per heavy atom. The lowest BCUT2D eigenvalue weighted by molar-refractivity contribution is 0.0991. The molecule has 0 unspecified atom stereocenters. The standard InChI is InChI=1S/C17H12FN3O/c18-14-5-3-12(4-6-14)17(22)10-15-7-8-16(21-20-15)13-2-1-9-19-11-13/h1-9,11H,10H2. The van der Waals surface area contributed by atoms with Crippen molar-refractivity contribution in [3.05, 3.63) is 78.0 Å². The van der Waals surface area contributed by atoms with Crippen molar-refractivity contribution >= 4 is 5.78 Å². The van der Waals surface area contributed by atoms with Crippen LogP contribution in [0.4, 0.5) is 4.39 Å². The zero-order chi connectivity index (χ0) is 15.4. The maximum Gasteiger partial charge on any atom is 0.168 e. The molecule has 108 valence electrons. The molecule has 0 aliphatic rings. The number of aromatic nitrogens is 3. The number of hydrogen-bond donors (Lipinski definition) is 0. The van der Waals surface area contributed by atoms with Crippen molar-refractivity contribution in [1.82, 2.24) is 15.2 Å². The van der Waals surface area contributed by atoms with E-state index >= 15 is 0 Å². The zero-order valence-corrected chi connectivity index (χ0v) is 11.6. The number of rotatable bonds is 4. The van der Waals surface area contributed by atoms with E-state index in [1.807, 2.05) is 12.1 Å². The lowest BCUT2D eigenvalue weighted by Crippen LogP contribution is -2.06. The number of ketones is 1.